The van der Waals surface area contributed by atoms with Crippen molar-refractivity contribution in [3.63, 3.8) is 0 Å². The molecule has 1 atom stereocenters. The summed E-state index contributed by atoms with van der Waals surface area (Å²) in [5.41, 5.74) is 1.19. The number of amides is 1. The van der Waals surface area contributed by atoms with Crippen LogP contribution in [0.15, 0.2) is 30.3 Å². The fourth-order valence-corrected chi connectivity index (χ4v) is 4.68. The summed E-state index contributed by atoms with van der Waals surface area (Å²) in [5.74, 6) is 0.524. The Balaban J connectivity index is 1.65. The van der Waals surface area contributed by atoms with Crippen molar-refractivity contribution in [2.45, 2.75) is 26.3 Å². The van der Waals surface area contributed by atoms with Gasteiger partial charge in [-0.3, -0.25) is 9.59 Å². The Kier molecular flexibility index (Phi) is 5.31. The molecule has 2 heterocycles. The number of ketones is 1. The van der Waals surface area contributed by atoms with Crippen molar-refractivity contribution >= 4 is 27.3 Å². The molecule has 1 fully saturated rings. The summed E-state index contributed by atoms with van der Waals surface area (Å²) in [4.78, 5) is 23.6. The first-order valence-electron chi connectivity index (χ1n) is 8.54. The minimum absolute atomic E-state index is 0.0192. The van der Waals surface area contributed by atoms with Gasteiger partial charge in [0.1, 0.15) is 11.6 Å². The number of hydrogen-bond donors (Lipinski definition) is 1. The van der Waals surface area contributed by atoms with Crippen LogP contribution in [0.5, 0.6) is 5.75 Å². The average molecular weight is 391 g/mol. The van der Waals surface area contributed by atoms with Gasteiger partial charge in [0.05, 0.1) is 23.2 Å². The van der Waals surface area contributed by atoms with E-state index >= 15 is 0 Å². The van der Waals surface area contributed by atoms with Gasteiger partial charge < -0.3 is 10.1 Å². The molecule has 1 N–H and O–H groups in total. The van der Waals surface area contributed by atoms with Crippen molar-refractivity contribution in [2.24, 2.45) is 0 Å². The number of sulfone groups is 1. The average Bonchev–Trinajstić information content (AvgIpc) is 3.15. The van der Waals surface area contributed by atoms with Crippen molar-refractivity contribution in [3.05, 3.63) is 41.6 Å². The molecule has 2 aromatic rings. The van der Waals surface area contributed by atoms with Gasteiger partial charge in [0.2, 0.25) is 0 Å². The van der Waals surface area contributed by atoms with Gasteiger partial charge in [0.15, 0.2) is 22.2 Å². The fraction of sp³-hybridized carbons (Fsp3) is 0.389. The molecule has 0 radical (unpaired) electrons. The zero-order valence-corrected chi connectivity index (χ0v) is 16.0. The van der Waals surface area contributed by atoms with Crippen LogP contribution in [0.2, 0.25) is 0 Å². The molecule has 27 heavy (non-hydrogen) atoms. The van der Waals surface area contributed by atoms with Crippen LogP contribution < -0.4 is 10.1 Å². The highest BCUT2D eigenvalue weighted by molar-refractivity contribution is 7.91. The number of rotatable bonds is 6. The lowest BCUT2D eigenvalue weighted by atomic mass is 10.1. The lowest BCUT2D eigenvalue weighted by Gasteiger charge is -2.14. The Morgan fingerprint density at radius 1 is 1.33 bits per heavy atom. The lowest BCUT2D eigenvalue weighted by Crippen LogP contribution is -2.23. The van der Waals surface area contributed by atoms with Crippen LogP contribution in [-0.4, -0.2) is 48.0 Å². The fourth-order valence-electron chi connectivity index (χ4n) is 2.99. The summed E-state index contributed by atoms with van der Waals surface area (Å²) >= 11 is 0. The van der Waals surface area contributed by atoms with Gasteiger partial charge in [-0.2, -0.15) is 5.10 Å². The first kappa shape index (κ1) is 19.1. The second kappa shape index (κ2) is 7.51. The molecule has 1 aliphatic rings. The summed E-state index contributed by atoms with van der Waals surface area (Å²) in [6.45, 7) is 2.99. The summed E-state index contributed by atoms with van der Waals surface area (Å²) < 4.78 is 30.4. The predicted octanol–water partition coefficient (Wildman–Crippen LogP) is 1.77. The second-order valence-electron chi connectivity index (χ2n) is 6.59. The van der Waals surface area contributed by atoms with E-state index in [1.165, 1.54) is 6.92 Å². The van der Waals surface area contributed by atoms with E-state index in [1.54, 1.807) is 41.9 Å². The molecule has 0 spiro atoms. The third-order valence-electron chi connectivity index (χ3n) is 4.29. The van der Waals surface area contributed by atoms with Crippen LogP contribution in [0.1, 0.15) is 35.4 Å². The third kappa shape index (κ3) is 4.73. The van der Waals surface area contributed by atoms with Gasteiger partial charge >= 0.3 is 0 Å². The Bertz CT molecular complexity index is 981. The van der Waals surface area contributed by atoms with Crippen molar-refractivity contribution in [1.82, 2.24) is 9.78 Å². The Morgan fingerprint density at radius 2 is 2.11 bits per heavy atom. The van der Waals surface area contributed by atoms with Crippen LogP contribution in [0.3, 0.4) is 0 Å². The molecule has 8 nitrogen and oxygen atoms in total. The minimum Gasteiger partial charge on any atom is -0.484 e. The first-order chi connectivity index (χ1) is 12.7. The topological polar surface area (TPSA) is 107 Å². The van der Waals surface area contributed by atoms with E-state index in [2.05, 4.69) is 10.4 Å². The molecule has 0 bridgehead atoms. The van der Waals surface area contributed by atoms with Crippen LogP contribution in [0.25, 0.3) is 0 Å². The van der Waals surface area contributed by atoms with Gasteiger partial charge in [-0.25, -0.2) is 13.1 Å². The summed E-state index contributed by atoms with van der Waals surface area (Å²) in [7, 11) is -3.06. The maximum Gasteiger partial charge on any atom is 0.263 e. The highest BCUT2D eigenvalue weighted by atomic mass is 32.2. The molecule has 3 rings (SSSR count). The molecular weight excluding hydrogens is 370 g/mol. The number of nitrogens with zero attached hydrogens (tertiary/aromatic N) is 2. The zero-order chi connectivity index (χ0) is 19.6. The molecule has 144 valence electrons. The van der Waals surface area contributed by atoms with E-state index in [1.807, 2.05) is 0 Å². The summed E-state index contributed by atoms with van der Waals surface area (Å²) in [6.07, 6.45) is 0.473. The van der Waals surface area contributed by atoms with E-state index in [-0.39, 0.29) is 29.9 Å². The highest BCUT2D eigenvalue weighted by Gasteiger charge is 2.31. The monoisotopic (exact) mass is 391 g/mol. The number of carbonyl (C=O) groups excluding carboxylic acids is 2. The number of aromatic nitrogens is 2. The number of carbonyl (C=O) groups is 2. The number of nitrogens with one attached hydrogen (secondary N) is 1. The SMILES string of the molecule is CC(=O)c1cccc(OCC(=O)Nc2cc(C)nn2C2CCS(=O)(=O)C2)c1. The number of ether oxygens (including phenoxy) is 1. The molecule has 9 heteroatoms. The Hall–Kier alpha value is -2.68. The smallest absolute Gasteiger partial charge is 0.263 e. The molecule has 0 aliphatic carbocycles. The standard InChI is InChI=1S/C18H21N3O5S/c1-12-8-17(21(20-12)15-6-7-27(24,25)11-15)19-18(23)10-26-16-5-3-4-14(9-16)13(2)22/h3-5,8-9,15H,6-7,10-11H2,1-2H3,(H,19,23). The molecule has 1 aromatic carbocycles. The molecule has 1 unspecified atom stereocenters. The van der Waals surface area contributed by atoms with E-state index in [9.17, 15) is 18.0 Å². The minimum atomic E-state index is -3.06. The van der Waals surface area contributed by atoms with Gasteiger partial charge in [-0.1, -0.05) is 12.1 Å². The third-order valence-corrected chi connectivity index (χ3v) is 6.04. The van der Waals surface area contributed by atoms with Crippen LogP contribution in [0, 0.1) is 6.92 Å². The van der Waals surface area contributed by atoms with E-state index in [0.29, 0.717) is 29.2 Å². The van der Waals surface area contributed by atoms with Crippen LogP contribution in [-0.2, 0) is 14.6 Å². The molecule has 1 aliphatic heterocycles. The number of anilines is 1. The molecular formula is C18H21N3O5S. The molecule has 1 aromatic heterocycles. The number of benzene rings is 1. The van der Waals surface area contributed by atoms with E-state index < -0.39 is 15.7 Å². The van der Waals surface area contributed by atoms with Crippen molar-refractivity contribution < 1.29 is 22.7 Å². The van der Waals surface area contributed by atoms with Crippen LogP contribution >= 0.6 is 0 Å². The quantitative estimate of drug-likeness (QED) is 0.752. The molecule has 0 saturated carbocycles. The Morgan fingerprint density at radius 3 is 2.78 bits per heavy atom. The number of hydrogen-bond acceptors (Lipinski definition) is 6. The molecule has 1 amide bonds. The van der Waals surface area contributed by atoms with Crippen molar-refractivity contribution in [2.75, 3.05) is 23.4 Å². The number of Topliss-reactive ketones (excluding diaryl/α,β-unsaturated/α-hetero) is 1. The van der Waals surface area contributed by atoms with Gasteiger partial charge in [-0.15, -0.1) is 0 Å². The van der Waals surface area contributed by atoms with E-state index in [4.69, 9.17) is 4.74 Å². The van der Waals surface area contributed by atoms with E-state index in [0.717, 1.165) is 0 Å². The summed E-state index contributed by atoms with van der Waals surface area (Å²) in [6, 6.07) is 8.01. The second-order valence-corrected chi connectivity index (χ2v) is 8.82. The molecule has 1 saturated heterocycles. The first-order valence-corrected chi connectivity index (χ1v) is 10.4. The maximum atomic E-state index is 12.2. The maximum absolute atomic E-state index is 12.2. The van der Waals surface area contributed by atoms with Gasteiger partial charge in [-0.05, 0) is 32.4 Å². The number of aryl methyl sites for hydroxylation is 1. The largest absolute Gasteiger partial charge is 0.484 e. The van der Waals surface area contributed by atoms with Gasteiger partial charge in [0, 0.05) is 11.6 Å². The zero-order valence-electron chi connectivity index (χ0n) is 15.1. The van der Waals surface area contributed by atoms with Crippen molar-refractivity contribution in [3.8, 4) is 5.75 Å². The lowest BCUT2D eigenvalue weighted by molar-refractivity contribution is -0.118. The summed E-state index contributed by atoms with van der Waals surface area (Å²) in [5, 5.41) is 7.04. The highest BCUT2D eigenvalue weighted by Crippen LogP contribution is 2.27. The van der Waals surface area contributed by atoms with Crippen molar-refractivity contribution in [1.29, 1.82) is 0 Å². The van der Waals surface area contributed by atoms with Gasteiger partial charge in [0.25, 0.3) is 5.91 Å². The predicted molar refractivity (Wildman–Crippen MR) is 99.8 cm³/mol. The Labute approximate surface area is 157 Å². The normalized spacial score (nSPS) is 18.2. The van der Waals surface area contributed by atoms with Crippen LogP contribution in [0.4, 0.5) is 5.82 Å².